The molecule has 3 nitrogen and oxygen atoms in total. The molecule has 0 saturated heterocycles. The fourth-order valence-corrected chi connectivity index (χ4v) is 2.75. The molecule has 18 heavy (non-hydrogen) atoms. The molecule has 1 aromatic rings. The van der Waals surface area contributed by atoms with Crippen molar-refractivity contribution in [2.75, 3.05) is 7.11 Å². The van der Waals surface area contributed by atoms with Crippen LogP contribution in [0.2, 0.25) is 0 Å². The Hall–Kier alpha value is -1.35. The summed E-state index contributed by atoms with van der Waals surface area (Å²) in [5.74, 6) is 1.19. The van der Waals surface area contributed by atoms with Gasteiger partial charge in [0, 0.05) is 17.5 Å². The van der Waals surface area contributed by atoms with Crippen LogP contribution < -0.4 is 10.5 Å². The number of benzene rings is 1. The predicted molar refractivity (Wildman–Crippen MR) is 72.1 cm³/mol. The Labute approximate surface area is 108 Å². The molecule has 2 atom stereocenters. The average molecular weight is 247 g/mol. The van der Waals surface area contributed by atoms with Gasteiger partial charge in [0.15, 0.2) is 5.78 Å². The van der Waals surface area contributed by atoms with Crippen molar-refractivity contribution < 1.29 is 9.53 Å². The van der Waals surface area contributed by atoms with Gasteiger partial charge in [0.1, 0.15) is 5.75 Å². The highest BCUT2D eigenvalue weighted by Crippen LogP contribution is 2.30. The molecular weight excluding hydrogens is 226 g/mol. The van der Waals surface area contributed by atoms with Crippen molar-refractivity contribution >= 4 is 5.78 Å². The molecule has 0 aliphatic heterocycles. The SMILES string of the molecule is COc1cc(C)c(C(=O)C2CCC(N)C2)cc1C. The van der Waals surface area contributed by atoms with Crippen LogP contribution in [0.25, 0.3) is 0 Å². The number of ether oxygens (including phenoxy) is 1. The van der Waals surface area contributed by atoms with E-state index in [0.29, 0.717) is 0 Å². The fraction of sp³-hybridized carbons (Fsp3) is 0.533. The Morgan fingerprint density at radius 1 is 1.28 bits per heavy atom. The second kappa shape index (κ2) is 5.11. The first-order valence-corrected chi connectivity index (χ1v) is 6.48. The lowest BCUT2D eigenvalue weighted by Crippen LogP contribution is -2.18. The van der Waals surface area contributed by atoms with Crippen molar-refractivity contribution in [1.29, 1.82) is 0 Å². The lowest BCUT2D eigenvalue weighted by molar-refractivity contribution is 0.0921. The average Bonchev–Trinajstić information content (AvgIpc) is 2.77. The van der Waals surface area contributed by atoms with E-state index < -0.39 is 0 Å². The molecule has 1 saturated carbocycles. The van der Waals surface area contributed by atoms with E-state index in [2.05, 4.69) is 0 Å². The Bertz CT molecular complexity index is 468. The Morgan fingerprint density at radius 3 is 2.56 bits per heavy atom. The third kappa shape index (κ3) is 2.41. The molecule has 1 aliphatic rings. The minimum Gasteiger partial charge on any atom is -0.496 e. The Balaban J connectivity index is 2.28. The molecule has 0 bridgehead atoms. The fourth-order valence-electron chi connectivity index (χ4n) is 2.75. The number of hydrogen-bond donors (Lipinski definition) is 1. The van der Waals surface area contributed by atoms with E-state index in [-0.39, 0.29) is 17.7 Å². The summed E-state index contributed by atoms with van der Waals surface area (Å²) in [4.78, 5) is 12.5. The minimum absolute atomic E-state index is 0.103. The highest BCUT2D eigenvalue weighted by molar-refractivity contribution is 5.99. The standard InChI is InChI=1S/C15H21NO2/c1-9-7-14(18-3)10(2)6-13(9)15(17)11-4-5-12(16)8-11/h6-7,11-12H,4-5,8,16H2,1-3H3. The maximum absolute atomic E-state index is 12.5. The van der Waals surface area contributed by atoms with E-state index in [1.807, 2.05) is 26.0 Å². The Kier molecular flexibility index (Phi) is 3.71. The number of carbonyl (C=O) groups is 1. The van der Waals surface area contributed by atoms with E-state index in [9.17, 15) is 4.79 Å². The summed E-state index contributed by atoms with van der Waals surface area (Å²) in [6.45, 7) is 3.93. The third-order valence-corrected chi connectivity index (χ3v) is 3.85. The quantitative estimate of drug-likeness (QED) is 0.835. The van der Waals surface area contributed by atoms with Gasteiger partial charge in [-0.1, -0.05) is 0 Å². The first-order chi connectivity index (χ1) is 8.52. The zero-order chi connectivity index (χ0) is 13.3. The number of aryl methyl sites for hydroxylation is 2. The van der Waals surface area contributed by atoms with Gasteiger partial charge in [0.05, 0.1) is 7.11 Å². The number of nitrogens with two attached hydrogens (primary N) is 1. The molecule has 0 aromatic heterocycles. The zero-order valence-electron chi connectivity index (χ0n) is 11.3. The van der Waals surface area contributed by atoms with Crippen LogP contribution in [-0.2, 0) is 0 Å². The highest BCUT2D eigenvalue weighted by Gasteiger charge is 2.29. The second-order valence-corrected chi connectivity index (χ2v) is 5.27. The van der Waals surface area contributed by atoms with Crippen molar-refractivity contribution in [1.82, 2.24) is 0 Å². The summed E-state index contributed by atoms with van der Waals surface area (Å²) in [5, 5.41) is 0. The third-order valence-electron chi connectivity index (χ3n) is 3.85. The summed E-state index contributed by atoms with van der Waals surface area (Å²) in [6.07, 6.45) is 2.71. The number of rotatable bonds is 3. The smallest absolute Gasteiger partial charge is 0.166 e. The summed E-state index contributed by atoms with van der Waals surface area (Å²) in [7, 11) is 1.65. The summed E-state index contributed by atoms with van der Waals surface area (Å²) >= 11 is 0. The van der Waals surface area contributed by atoms with Crippen LogP contribution in [0.5, 0.6) is 5.75 Å². The predicted octanol–water partition coefficient (Wildman–Crippen LogP) is 2.62. The van der Waals surface area contributed by atoms with Gasteiger partial charge < -0.3 is 10.5 Å². The van der Waals surface area contributed by atoms with E-state index in [4.69, 9.17) is 10.5 Å². The van der Waals surface area contributed by atoms with Crippen molar-refractivity contribution in [2.24, 2.45) is 11.7 Å². The van der Waals surface area contributed by atoms with Gasteiger partial charge >= 0.3 is 0 Å². The first-order valence-electron chi connectivity index (χ1n) is 6.48. The van der Waals surface area contributed by atoms with E-state index in [0.717, 1.165) is 41.7 Å². The van der Waals surface area contributed by atoms with Crippen LogP contribution in [0.15, 0.2) is 12.1 Å². The maximum Gasteiger partial charge on any atom is 0.166 e. The summed E-state index contributed by atoms with van der Waals surface area (Å²) in [6, 6.07) is 4.08. The molecule has 2 rings (SSSR count). The Morgan fingerprint density at radius 2 is 2.00 bits per heavy atom. The van der Waals surface area contributed by atoms with Crippen molar-refractivity contribution in [2.45, 2.75) is 39.2 Å². The number of hydrogen-bond acceptors (Lipinski definition) is 3. The van der Waals surface area contributed by atoms with Crippen molar-refractivity contribution in [3.05, 3.63) is 28.8 Å². The number of carbonyl (C=O) groups excluding carboxylic acids is 1. The maximum atomic E-state index is 12.5. The van der Waals surface area contributed by atoms with Crippen LogP contribution in [0.1, 0.15) is 40.7 Å². The molecule has 1 fully saturated rings. The summed E-state index contributed by atoms with van der Waals surface area (Å²) < 4.78 is 5.27. The molecule has 3 heteroatoms. The molecule has 0 radical (unpaired) electrons. The molecule has 2 unspecified atom stereocenters. The second-order valence-electron chi connectivity index (χ2n) is 5.27. The van der Waals surface area contributed by atoms with Crippen LogP contribution in [0.4, 0.5) is 0 Å². The molecule has 0 spiro atoms. The number of ketones is 1. The number of methoxy groups -OCH3 is 1. The minimum atomic E-state index is 0.103. The van der Waals surface area contributed by atoms with Gasteiger partial charge in [-0.2, -0.15) is 0 Å². The molecule has 1 aromatic carbocycles. The highest BCUT2D eigenvalue weighted by atomic mass is 16.5. The van der Waals surface area contributed by atoms with Gasteiger partial charge in [0.2, 0.25) is 0 Å². The molecular formula is C15H21NO2. The van der Waals surface area contributed by atoms with Crippen LogP contribution in [0.3, 0.4) is 0 Å². The molecule has 2 N–H and O–H groups in total. The van der Waals surface area contributed by atoms with Crippen LogP contribution in [0, 0.1) is 19.8 Å². The molecule has 0 amide bonds. The van der Waals surface area contributed by atoms with Crippen LogP contribution >= 0.6 is 0 Å². The normalized spacial score (nSPS) is 23.1. The van der Waals surface area contributed by atoms with E-state index in [1.54, 1.807) is 7.11 Å². The van der Waals surface area contributed by atoms with Gasteiger partial charge in [-0.3, -0.25) is 4.79 Å². The lowest BCUT2D eigenvalue weighted by atomic mass is 9.92. The van der Waals surface area contributed by atoms with Gasteiger partial charge in [-0.05, 0) is 56.4 Å². The van der Waals surface area contributed by atoms with E-state index >= 15 is 0 Å². The van der Waals surface area contributed by atoms with E-state index in [1.165, 1.54) is 0 Å². The zero-order valence-corrected chi connectivity index (χ0v) is 11.3. The van der Waals surface area contributed by atoms with Gasteiger partial charge in [-0.25, -0.2) is 0 Å². The first kappa shape index (κ1) is 13.1. The van der Waals surface area contributed by atoms with Gasteiger partial charge in [-0.15, -0.1) is 0 Å². The largest absolute Gasteiger partial charge is 0.496 e. The lowest BCUT2D eigenvalue weighted by Gasteiger charge is -2.14. The molecule has 98 valence electrons. The van der Waals surface area contributed by atoms with Crippen molar-refractivity contribution in [3.63, 3.8) is 0 Å². The van der Waals surface area contributed by atoms with Gasteiger partial charge in [0.25, 0.3) is 0 Å². The van der Waals surface area contributed by atoms with Crippen LogP contribution in [-0.4, -0.2) is 18.9 Å². The summed E-state index contributed by atoms with van der Waals surface area (Å²) in [5.41, 5.74) is 8.71. The number of Topliss-reactive ketones (excluding diaryl/α,β-unsaturated/α-hetero) is 1. The molecule has 0 heterocycles. The topological polar surface area (TPSA) is 52.3 Å². The monoisotopic (exact) mass is 247 g/mol. The van der Waals surface area contributed by atoms with Crippen molar-refractivity contribution in [3.8, 4) is 5.75 Å². The molecule has 1 aliphatic carbocycles.